The molecule has 0 aliphatic carbocycles. The van der Waals surface area contributed by atoms with Gasteiger partial charge in [0, 0.05) is 31.2 Å². The van der Waals surface area contributed by atoms with Crippen molar-refractivity contribution in [2.45, 2.75) is 13.0 Å². The first-order valence-electron chi connectivity index (χ1n) is 6.72. The van der Waals surface area contributed by atoms with E-state index in [1.807, 2.05) is 6.92 Å². The molecule has 1 aromatic rings. The Labute approximate surface area is 133 Å². The standard InChI is InChI=1S/C14H17F2N3O2.ClH/c1-9-8-19(5-4-17-9)13(20)7-18-14(21)10-2-3-11(15)12(16)6-10;/h2-3,6,9,17H,4-5,7-8H2,1H3,(H,18,21);1H/t9-;/m1./s1. The molecule has 1 saturated heterocycles. The molecule has 0 saturated carbocycles. The number of amides is 2. The molecule has 1 fully saturated rings. The highest BCUT2D eigenvalue weighted by Crippen LogP contribution is 2.08. The molecule has 1 atom stereocenters. The minimum Gasteiger partial charge on any atom is -0.343 e. The highest BCUT2D eigenvalue weighted by atomic mass is 35.5. The molecule has 1 aliphatic heterocycles. The van der Waals surface area contributed by atoms with Gasteiger partial charge in [0.15, 0.2) is 11.6 Å². The zero-order valence-corrected chi connectivity index (χ0v) is 12.9. The second-order valence-electron chi connectivity index (χ2n) is 5.01. The molecule has 0 spiro atoms. The van der Waals surface area contributed by atoms with E-state index >= 15 is 0 Å². The molecule has 2 amide bonds. The van der Waals surface area contributed by atoms with Gasteiger partial charge in [0.2, 0.25) is 5.91 Å². The number of benzene rings is 1. The molecule has 2 rings (SSSR count). The molecule has 1 aromatic carbocycles. The highest BCUT2D eigenvalue weighted by Gasteiger charge is 2.20. The van der Waals surface area contributed by atoms with Crippen molar-refractivity contribution in [2.75, 3.05) is 26.2 Å². The molecule has 122 valence electrons. The summed E-state index contributed by atoms with van der Waals surface area (Å²) in [4.78, 5) is 25.4. The van der Waals surface area contributed by atoms with Crippen LogP contribution in [0.1, 0.15) is 17.3 Å². The van der Waals surface area contributed by atoms with Crippen molar-refractivity contribution in [3.05, 3.63) is 35.4 Å². The maximum atomic E-state index is 13.0. The second-order valence-corrected chi connectivity index (χ2v) is 5.01. The summed E-state index contributed by atoms with van der Waals surface area (Å²) < 4.78 is 25.8. The van der Waals surface area contributed by atoms with Crippen LogP contribution in [0.4, 0.5) is 8.78 Å². The van der Waals surface area contributed by atoms with Gasteiger partial charge in [-0.3, -0.25) is 9.59 Å². The molecule has 5 nitrogen and oxygen atoms in total. The normalized spacial score (nSPS) is 17.6. The van der Waals surface area contributed by atoms with Gasteiger partial charge < -0.3 is 15.5 Å². The van der Waals surface area contributed by atoms with Crippen molar-refractivity contribution in [3.8, 4) is 0 Å². The van der Waals surface area contributed by atoms with Crippen molar-refractivity contribution in [1.29, 1.82) is 0 Å². The largest absolute Gasteiger partial charge is 0.343 e. The Balaban J connectivity index is 0.00000242. The summed E-state index contributed by atoms with van der Waals surface area (Å²) in [5, 5.41) is 5.63. The van der Waals surface area contributed by atoms with Crippen LogP contribution in [0.3, 0.4) is 0 Å². The van der Waals surface area contributed by atoms with Gasteiger partial charge in [0.05, 0.1) is 6.54 Å². The average molecular weight is 334 g/mol. The van der Waals surface area contributed by atoms with E-state index < -0.39 is 17.5 Å². The lowest BCUT2D eigenvalue weighted by molar-refractivity contribution is -0.131. The third kappa shape index (κ3) is 4.64. The van der Waals surface area contributed by atoms with Gasteiger partial charge in [-0.2, -0.15) is 0 Å². The second kappa shape index (κ2) is 8.05. The summed E-state index contributed by atoms with van der Waals surface area (Å²) in [5.41, 5.74) is -0.0182. The highest BCUT2D eigenvalue weighted by molar-refractivity contribution is 5.96. The van der Waals surface area contributed by atoms with E-state index in [-0.39, 0.29) is 36.5 Å². The Bertz CT molecular complexity index is 557. The van der Waals surface area contributed by atoms with E-state index in [1.54, 1.807) is 4.90 Å². The minimum atomic E-state index is -1.09. The van der Waals surface area contributed by atoms with Crippen molar-refractivity contribution >= 4 is 24.2 Å². The number of hydrogen-bond acceptors (Lipinski definition) is 3. The molecular weight excluding hydrogens is 316 g/mol. The van der Waals surface area contributed by atoms with Crippen LogP contribution in [0.15, 0.2) is 18.2 Å². The molecule has 1 aliphatic rings. The zero-order valence-electron chi connectivity index (χ0n) is 12.1. The van der Waals surface area contributed by atoms with Crippen molar-refractivity contribution in [2.24, 2.45) is 0 Å². The van der Waals surface area contributed by atoms with Crippen molar-refractivity contribution in [1.82, 2.24) is 15.5 Å². The summed E-state index contributed by atoms with van der Waals surface area (Å²) in [7, 11) is 0. The maximum Gasteiger partial charge on any atom is 0.251 e. The average Bonchev–Trinajstić information content (AvgIpc) is 2.47. The summed E-state index contributed by atoms with van der Waals surface area (Å²) in [6.45, 7) is 3.69. The van der Waals surface area contributed by atoms with E-state index in [0.717, 1.165) is 12.1 Å². The monoisotopic (exact) mass is 333 g/mol. The molecule has 1 heterocycles. The SMILES string of the molecule is C[C@@H]1CN(C(=O)CNC(=O)c2ccc(F)c(F)c2)CCN1.Cl. The van der Waals surface area contributed by atoms with E-state index in [4.69, 9.17) is 0 Å². The number of nitrogens with one attached hydrogen (secondary N) is 2. The number of hydrogen-bond donors (Lipinski definition) is 2. The van der Waals surface area contributed by atoms with Crippen LogP contribution in [-0.2, 0) is 4.79 Å². The number of carbonyl (C=O) groups is 2. The van der Waals surface area contributed by atoms with Crippen LogP contribution in [-0.4, -0.2) is 48.9 Å². The topological polar surface area (TPSA) is 61.4 Å². The van der Waals surface area contributed by atoms with Crippen LogP contribution in [0.5, 0.6) is 0 Å². The first-order valence-corrected chi connectivity index (χ1v) is 6.72. The first-order chi connectivity index (χ1) is 9.97. The maximum absolute atomic E-state index is 13.0. The van der Waals surface area contributed by atoms with Crippen LogP contribution < -0.4 is 10.6 Å². The Morgan fingerprint density at radius 1 is 1.36 bits per heavy atom. The van der Waals surface area contributed by atoms with Crippen LogP contribution >= 0.6 is 12.4 Å². The predicted octanol–water partition coefficient (Wildman–Crippen LogP) is 0.937. The van der Waals surface area contributed by atoms with E-state index in [2.05, 4.69) is 10.6 Å². The Morgan fingerprint density at radius 2 is 2.09 bits per heavy atom. The fraction of sp³-hybridized carbons (Fsp3) is 0.429. The first kappa shape index (κ1) is 18.3. The van der Waals surface area contributed by atoms with Crippen LogP contribution in [0.2, 0.25) is 0 Å². The van der Waals surface area contributed by atoms with Gasteiger partial charge in [-0.1, -0.05) is 0 Å². The number of rotatable bonds is 3. The quantitative estimate of drug-likeness (QED) is 0.865. The number of carbonyl (C=O) groups excluding carboxylic acids is 2. The van der Waals surface area contributed by atoms with Gasteiger partial charge in [0.25, 0.3) is 5.91 Å². The predicted molar refractivity (Wildman–Crippen MR) is 80.0 cm³/mol. The lowest BCUT2D eigenvalue weighted by atomic mass is 10.2. The van der Waals surface area contributed by atoms with E-state index in [0.29, 0.717) is 19.6 Å². The number of piperazine rings is 1. The Hall–Kier alpha value is -1.73. The molecule has 22 heavy (non-hydrogen) atoms. The third-order valence-corrected chi connectivity index (χ3v) is 3.30. The van der Waals surface area contributed by atoms with Gasteiger partial charge in [-0.15, -0.1) is 12.4 Å². The fourth-order valence-electron chi connectivity index (χ4n) is 2.17. The Morgan fingerprint density at radius 3 is 2.73 bits per heavy atom. The van der Waals surface area contributed by atoms with Crippen molar-refractivity contribution < 1.29 is 18.4 Å². The smallest absolute Gasteiger partial charge is 0.251 e. The van der Waals surface area contributed by atoms with Crippen LogP contribution in [0, 0.1) is 11.6 Å². The molecule has 0 unspecified atom stereocenters. The summed E-state index contributed by atoms with van der Waals surface area (Å²) >= 11 is 0. The summed E-state index contributed by atoms with van der Waals surface area (Å²) in [6, 6.07) is 3.07. The molecule has 8 heteroatoms. The molecule has 0 bridgehead atoms. The third-order valence-electron chi connectivity index (χ3n) is 3.30. The summed E-state index contributed by atoms with van der Waals surface area (Å²) in [6.07, 6.45) is 0. The zero-order chi connectivity index (χ0) is 15.4. The minimum absolute atomic E-state index is 0. The summed E-state index contributed by atoms with van der Waals surface area (Å²) in [5.74, 6) is -2.91. The lowest BCUT2D eigenvalue weighted by Gasteiger charge is -2.31. The fourth-order valence-corrected chi connectivity index (χ4v) is 2.17. The molecular formula is C14H18ClF2N3O2. The molecule has 0 radical (unpaired) electrons. The number of nitrogens with zero attached hydrogens (tertiary/aromatic N) is 1. The van der Waals surface area contributed by atoms with E-state index in [1.165, 1.54) is 6.07 Å². The van der Waals surface area contributed by atoms with Crippen LogP contribution in [0.25, 0.3) is 0 Å². The van der Waals surface area contributed by atoms with E-state index in [9.17, 15) is 18.4 Å². The molecule has 2 N–H and O–H groups in total. The van der Waals surface area contributed by atoms with Gasteiger partial charge >= 0.3 is 0 Å². The van der Waals surface area contributed by atoms with Gasteiger partial charge in [-0.05, 0) is 25.1 Å². The van der Waals surface area contributed by atoms with Crippen molar-refractivity contribution in [3.63, 3.8) is 0 Å². The van der Waals surface area contributed by atoms with Gasteiger partial charge in [0.1, 0.15) is 0 Å². The number of halogens is 3. The molecule has 0 aromatic heterocycles. The Kier molecular flexibility index (Phi) is 6.70. The lowest BCUT2D eigenvalue weighted by Crippen LogP contribution is -2.53. The van der Waals surface area contributed by atoms with Gasteiger partial charge in [-0.25, -0.2) is 8.78 Å².